The molecule has 0 spiro atoms. The van der Waals surface area contributed by atoms with E-state index < -0.39 is 5.91 Å². The molecule has 1 aliphatic heterocycles. The fourth-order valence-corrected chi connectivity index (χ4v) is 3.07. The van der Waals surface area contributed by atoms with Gasteiger partial charge in [-0.1, -0.05) is 0 Å². The van der Waals surface area contributed by atoms with Crippen molar-refractivity contribution in [2.45, 2.75) is 18.9 Å². The van der Waals surface area contributed by atoms with E-state index in [0.717, 1.165) is 19.4 Å². The van der Waals surface area contributed by atoms with Gasteiger partial charge in [0.1, 0.15) is 5.00 Å². The number of nitrogens with zero attached hydrogens (tertiary/aromatic N) is 1. The van der Waals surface area contributed by atoms with Crippen LogP contribution in [0.1, 0.15) is 23.2 Å². The normalized spacial score (nSPS) is 19.5. The van der Waals surface area contributed by atoms with Gasteiger partial charge in [-0.25, -0.2) is 0 Å². The average molecular weight is 283 g/mol. The summed E-state index contributed by atoms with van der Waals surface area (Å²) in [6.45, 7) is 1.10. The summed E-state index contributed by atoms with van der Waals surface area (Å²) >= 11 is 1.27. The fraction of sp³-hybridized carbons (Fsp3) is 0.500. The molecule has 104 valence electrons. The molecule has 2 rings (SSSR count). The molecule has 4 N–H and O–H groups in total. The van der Waals surface area contributed by atoms with E-state index >= 15 is 0 Å². The average Bonchev–Trinajstić information content (AvgIpc) is 2.97. The van der Waals surface area contributed by atoms with Gasteiger partial charge in [0, 0.05) is 6.04 Å². The number of amides is 2. The van der Waals surface area contributed by atoms with Crippen LogP contribution in [0.4, 0.5) is 5.00 Å². The summed E-state index contributed by atoms with van der Waals surface area (Å²) in [4.78, 5) is 25.0. The van der Waals surface area contributed by atoms with E-state index in [1.165, 1.54) is 11.3 Å². The molecule has 1 unspecified atom stereocenters. The first-order valence-corrected chi connectivity index (χ1v) is 7.02. The molecule has 1 saturated heterocycles. The molecule has 0 saturated carbocycles. The Balaban J connectivity index is 1.94. The number of carbonyl (C=O) groups excluding carboxylic acids is 2. The van der Waals surface area contributed by atoms with Crippen molar-refractivity contribution in [2.24, 2.45) is 5.73 Å². The second-order valence-electron chi connectivity index (χ2n) is 4.52. The van der Waals surface area contributed by atoms with Gasteiger partial charge in [-0.15, -0.1) is 11.3 Å². The van der Waals surface area contributed by atoms with Crippen LogP contribution in [0, 0.1) is 0 Å². The van der Waals surface area contributed by atoms with Crippen molar-refractivity contribution in [3.8, 4) is 0 Å². The molecule has 0 aromatic carbocycles. The van der Waals surface area contributed by atoms with Crippen LogP contribution in [-0.4, -0.2) is 47.6 Å². The van der Waals surface area contributed by atoms with Gasteiger partial charge in [-0.05, 0) is 30.8 Å². The molecule has 19 heavy (non-hydrogen) atoms. The van der Waals surface area contributed by atoms with E-state index in [-0.39, 0.29) is 25.1 Å². The minimum Gasteiger partial charge on any atom is -0.395 e. The topological polar surface area (TPSA) is 95.7 Å². The number of hydrogen-bond donors (Lipinski definition) is 3. The number of nitrogens with one attached hydrogen (secondary N) is 1. The van der Waals surface area contributed by atoms with Crippen LogP contribution in [0.15, 0.2) is 11.4 Å². The first-order valence-electron chi connectivity index (χ1n) is 6.14. The standard InChI is InChI=1S/C12H17N3O3S/c13-11(18)9-3-5-19-12(9)14-10(17)6-15-4-1-2-8(15)7-16/h3,5,8,16H,1-2,4,6-7H2,(H2,13,18)(H,14,17). The third-order valence-electron chi connectivity index (χ3n) is 3.24. The summed E-state index contributed by atoms with van der Waals surface area (Å²) in [5.41, 5.74) is 5.55. The van der Waals surface area contributed by atoms with Crippen molar-refractivity contribution in [2.75, 3.05) is 25.0 Å². The third-order valence-corrected chi connectivity index (χ3v) is 4.07. The number of thiophene rings is 1. The first-order chi connectivity index (χ1) is 9.11. The van der Waals surface area contributed by atoms with Gasteiger partial charge in [0.25, 0.3) is 5.91 Å². The van der Waals surface area contributed by atoms with Crippen LogP contribution >= 0.6 is 11.3 Å². The molecule has 1 aromatic rings. The van der Waals surface area contributed by atoms with Gasteiger partial charge < -0.3 is 16.2 Å². The molecular weight excluding hydrogens is 266 g/mol. The Morgan fingerprint density at radius 1 is 1.58 bits per heavy atom. The molecule has 2 heterocycles. The number of likely N-dealkylation sites (tertiary alicyclic amines) is 1. The largest absolute Gasteiger partial charge is 0.395 e. The van der Waals surface area contributed by atoms with Crippen LogP contribution in [0.25, 0.3) is 0 Å². The Morgan fingerprint density at radius 2 is 2.37 bits per heavy atom. The maximum Gasteiger partial charge on any atom is 0.251 e. The Morgan fingerprint density at radius 3 is 3.05 bits per heavy atom. The third kappa shape index (κ3) is 3.31. The van der Waals surface area contributed by atoms with Crippen molar-refractivity contribution in [1.29, 1.82) is 0 Å². The van der Waals surface area contributed by atoms with Crippen LogP contribution < -0.4 is 11.1 Å². The molecule has 2 amide bonds. The Kier molecular flexibility index (Phi) is 4.52. The highest BCUT2D eigenvalue weighted by Crippen LogP contribution is 2.23. The fourth-order valence-electron chi connectivity index (χ4n) is 2.26. The van der Waals surface area contributed by atoms with E-state index in [1.807, 2.05) is 4.90 Å². The molecule has 1 atom stereocenters. The van der Waals surface area contributed by atoms with Crippen LogP contribution in [0.3, 0.4) is 0 Å². The summed E-state index contributed by atoms with van der Waals surface area (Å²) in [6.07, 6.45) is 1.90. The predicted molar refractivity (Wildman–Crippen MR) is 73.1 cm³/mol. The van der Waals surface area contributed by atoms with E-state index in [2.05, 4.69) is 5.32 Å². The maximum absolute atomic E-state index is 11.9. The van der Waals surface area contributed by atoms with Crippen molar-refractivity contribution in [3.05, 3.63) is 17.0 Å². The Hall–Kier alpha value is -1.44. The zero-order valence-electron chi connectivity index (χ0n) is 10.5. The van der Waals surface area contributed by atoms with Crippen molar-refractivity contribution in [3.63, 3.8) is 0 Å². The predicted octanol–water partition coefficient (Wildman–Crippen LogP) is 0.242. The molecule has 1 aromatic heterocycles. The Labute approximate surface area is 115 Å². The number of aliphatic hydroxyl groups is 1. The quantitative estimate of drug-likeness (QED) is 0.721. The van der Waals surface area contributed by atoms with E-state index in [4.69, 9.17) is 5.73 Å². The smallest absolute Gasteiger partial charge is 0.251 e. The number of aliphatic hydroxyl groups excluding tert-OH is 1. The number of nitrogens with two attached hydrogens (primary N) is 1. The summed E-state index contributed by atoms with van der Waals surface area (Å²) in [5, 5.41) is 14.1. The molecule has 1 fully saturated rings. The van der Waals surface area contributed by atoms with Crippen molar-refractivity contribution < 1.29 is 14.7 Å². The molecule has 7 heteroatoms. The first kappa shape index (κ1) is 14.0. The monoisotopic (exact) mass is 283 g/mol. The zero-order chi connectivity index (χ0) is 13.8. The SMILES string of the molecule is NC(=O)c1ccsc1NC(=O)CN1CCCC1CO. The highest BCUT2D eigenvalue weighted by Gasteiger charge is 2.25. The van der Waals surface area contributed by atoms with E-state index in [0.29, 0.717) is 10.6 Å². The lowest BCUT2D eigenvalue weighted by Crippen LogP contribution is -2.38. The lowest BCUT2D eigenvalue weighted by molar-refractivity contribution is -0.117. The molecule has 6 nitrogen and oxygen atoms in total. The summed E-state index contributed by atoms with van der Waals surface area (Å²) in [7, 11) is 0. The number of carbonyl (C=O) groups is 2. The van der Waals surface area contributed by atoms with Crippen LogP contribution in [-0.2, 0) is 4.79 Å². The molecule has 1 aliphatic rings. The van der Waals surface area contributed by atoms with E-state index in [9.17, 15) is 14.7 Å². The number of rotatable bonds is 5. The summed E-state index contributed by atoms with van der Waals surface area (Å²) in [5.74, 6) is -0.740. The summed E-state index contributed by atoms with van der Waals surface area (Å²) in [6, 6.07) is 1.65. The Bertz CT molecular complexity index is 475. The lowest BCUT2D eigenvalue weighted by Gasteiger charge is -2.21. The van der Waals surface area contributed by atoms with Gasteiger partial charge in [0.15, 0.2) is 0 Å². The van der Waals surface area contributed by atoms with Gasteiger partial charge in [-0.3, -0.25) is 14.5 Å². The minimum atomic E-state index is -0.550. The zero-order valence-corrected chi connectivity index (χ0v) is 11.3. The lowest BCUT2D eigenvalue weighted by atomic mass is 10.2. The van der Waals surface area contributed by atoms with Gasteiger partial charge in [0.2, 0.25) is 5.91 Å². The van der Waals surface area contributed by atoms with Crippen molar-refractivity contribution >= 4 is 28.2 Å². The van der Waals surface area contributed by atoms with Crippen LogP contribution in [0.5, 0.6) is 0 Å². The molecular formula is C12H17N3O3S. The second kappa shape index (κ2) is 6.14. The van der Waals surface area contributed by atoms with Crippen molar-refractivity contribution in [1.82, 2.24) is 4.90 Å². The molecule has 0 aliphatic carbocycles. The number of primary amides is 1. The highest BCUT2D eigenvalue weighted by molar-refractivity contribution is 7.14. The van der Waals surface area contributed by atoms with Gasteiger partial charge in [0.05, 0.1) is 18.7 Å². The second-order valence-corrected chi connectivity index (χ2v) is 5.44. The number of hydrogen-bond acceptors (Lipinski definition) is 5. The van der Waals surface area contributed by atoms with Gasteiger partial charge >= 0.3 is 0 Å². The number of anilines is 1. The summed E-state index contributed by atoms with van der Waals surface area (Å²) < 4.78 is 0. The molecule has 0 bridgehead atoms. The van der Waals surface area contributed by atoms with Crippen LogP contribution in [0.2, 0.25) is 0 Å². The highest BCUT2D eigenvalue weighted by atomic mass is 32.1. The minimum absolute atomic E-state index is 0.0599. The maximum atomic E-state index is 11.9. The molecule has 0 radical (unpaired) electrons. The van der Waals surface area contributed by atoms with Gasteiger partial charge in [-0.2, -0.15) is 0 Å². The van der Waals surface area contributed by atoms with E-state index in [1.54, 1.807) is 11.4 Å².